The van der Waals surface area contributed by atoms with Gasteiger partial charge in [-0.2, -0.15) is 5.26 Å². The minimum absolute atomic E-state index is 0.124. The Labute approximate surface area is 137 Å². The van der Waals surface area contributed by atoms with E-state index < -0.39 is 0 Å². The van der Waals surface area contributed by atoms with Crippen LogP contribution in [0.3, 0.4) is 0 Å². The van der Waals surface area contributed by atoms with Crippen LogP contribution in [0.2, 0.25) is 0 Å². The van der Waals surface area contributed by atoms with Crippen molar-refractivity contribution in [3.05, 3.63) is 18.1 Å². The van der Waals surface area contributed by atoms with E-state index in [4.69, 9.17) is 5.26 Å². The Balaban J connectivity index is 1.80. The van der Waals surface area contributed by atoms with Crippen LogP contribution >= 0.6 is 0 Å². The summed E-state index contributed by atoms with van der Waals surface area (Å²) < 4.78 is 0. The summed E-state index contributed by atoms with van der Waals surface area (Å²) in [4.78, 5) is 22.2. The van der Waals surface area contributed by atoms with Crippen molar-refractivity contribution in [2.24, 2.45) is 5.92 Å². The van der Waals surface area contributed by atoms with Crippen LogP contribution in [0, 0.1) is 17.2 Å². The third-order valence-corrected chi connectivity index (χ3v) is 3.74. The second-order valence-corrected chi connectivity index (χ2v) is 6.86. The molecule has 0 radical (unpaired) electrons. The Bertz CT molecular complexity index is 581. The minimum Gasteiger partial charge on any atom is -0.354 e. The van der Waals surface area contributed by atoms with Crippen molar-refractivity contribution in [2.45, 2.75) is 39.2 Å². The molecule has 23 heavy (non-hydrogen) atoms. The van der Waals surface area contributed by atoms with E-state index in [-0.39, 0.29) is 11.6 Å². The van der Waals surface area contributed by atoms with Crippen molar-refractivity contribution in [3.63, 3.8) is 0 Å². The van der Waals surface area contributed by atoms with Gasteiger partial charge >= 0.3 is 6.03 Å². The Morgan fingerprint density at radius 3 is 2.61 bits per heavy atom. The quantitative estimate of drug-likeness (QED) is 0.884. The number of nitriles is 1. The summed E-state index contributed by atoms with van der Waals surface area (Å²) in [6, 6.07) is 1.96. The van der Waals surface area contributed by atoms with Crippen molar-refractivity contribution >= 4 is 11.8 Å². The number of nitrogens with zero attached hydrogens (tertiary/aromatic N) is 4. The molecule has 1 aromatic heterocycles. The number of hydrogen-bond acceptors (Lipinski definition) is 5. The van der Waals surface area contributed by atoms with Crippen LogP contribution < -0.4 is 15.5 Å². The lowest BCUT2D eigenvalue weighted by atomic mass is 9.96. The van der Waals surface area contributed by atoms with Crippen LogP contribution in [-0.2, 0) is 0 Å². The fourth-order valence-corrected chi connectivity index (χ4v) is 2.61. The largest absolute Gasteiger partial charge is 0.354 e. The SMILES string of the molecule is CC(C)(C)NC(=O)NCC1CCN(c2nccnc2C#N)CC1. The monoisotopic (exact) mass is 316 g/mol. The molecule has 0 aromatic carbocycles. The summed E-state index contributed by atoms with van der Waals surface area (Å²) in [5.74, 6) is 1.10. The maximum Gasteiger partial charge on any atom is 0.315 e. The van der Waals surface area contributed by atoms with Gasteiger partial charge < -0.3 is 15.5 Å². The van der Waals surface area contributed by atoms with Crippen LogP contribution in [0.1, 0.15) is 39.3 Å². The Hall–Kier alpha value is -2.36. The summed E-state index contributed by atoms with van der Waals surface area (Å²) >= 11 is 0. The van der Waals surface area contributed by atoms with Crippen LogP contribution in [0.5, 0.6) is 0 Å². The third kappa shape index (κ3) is 5.09. The molecule has 0 atom stereocenters. The number of aromatic nitrogens is 2. The molecule has 1 saturated heterocycles. The van der Waals surface area contributed by atoms with Crippen LogP contribution in [0.15, 0.2) is 12.4 Å². The summed E-state index contributed by atoms with van der Waals surface area (Å²) in [7, 11) is 0. The molecule has 1 fully saturated rings. The van der Waals surface area contributed by atoms with Crippen LogP contribution in [-0.4, -0.2) is 41.2 Å². The van der Waals surface area contributed by atoms with E-state index in [0.29, 0.717) is 24.0 Å². The molecule has 0 aliphatic carbocycles. The number of carbonyl (C=O) groups excluding carboxylic acids is 1. The van der Waals surface area contributed by atoms with Gasteiger partial charge in [0.25, 0.3) is 0 Å². The standard InChI is InChI=1S/C16H24N6O/c1-16(2,3)21-15(23)20-11-12-4-8-22(9-5-12)14-13(10-17)18-6-7-19-14/h6-7,12H,4-5,8-9,11H2,1-3H3,(H2,20,21,23). The Morgan fingerprint density at radius 1 is 1.35 bits per heavy atom. The molecule has 7 nitrogen and oxygen atoms in total. The van der Waals surface area contributed by atoms with Gasteiger partial charge in [0, 0.05) is 37.6 Å². The van der Waals surface area contributed by atoms with Gasteiger partial charge in [-0.05, 0) is 39.5 Å². The second-order valence-electron chi connectivity index (χ2n) is 6.86. The van der Waals surface area contributed by atoms with Gasteiger partial charge in [-0.1, -0.05) is 0 Å². The van der Waals surface area contributed by atoms with Crippen molar-refractivity contribution in [2.75, 3.05) is 24.5 Å². The Kier molecular flexibility index (Phi) is 5.37. The molecule has 2 heterocycles. The summed E-state index contributed by atoms with van der Waals surface area (Å²) in [5, 5.41) is 14.9. The molecule has 124 valence electrons. The zero-order valence-corrected chi connectivity index (χ0v) is 14.0. The van der Waals surface area contributed by atoms with E-state index in [9.17, 15) is 4.79 Å². The molecule has 0 unspecified atom stereocenters. The highest BCUT2D eigenvalue weighted by atomic mass is 16.2. The number of nitrogens with one attached hydrogen (secondary N) is 2. The number of amides is 2. The van der Waals surface area contributed by atoms with E-state index in [0.717, 1.165) is 25.9 Å². The molecular weight excluding hydrogens is 292 g/mol. The molecule has 1 aliphatic heterocycles. The molecular formula is C16H24N6O. The van der Waals surface area contributed by atoms with Crippen molar-refractivity contribution in [1.29, 1.82) is 5.26 Å². The van der Waals surface area contributed by atoms with Gasteiger partial charge in [-0.15, -0.1) is 0 Å². The predicted molar refractivity (Wildman–Crippen MR) is 88.0 cm³/mol. The molecule has 1 aliphatic rings. The smallest absolute Gasteiger partial charge is 0.315 e. The minimum atomic E-state index is -0.229. The van der Waals surface area contributed by atoms with Crippen LogP contribution in [0.4, 0.5) is 10.6 Å². The third-order valence-electron chi connectivity index (χ3n) is 3.74. The van der Waals surface area contributed by atoms with E-state index in [1.54, 1.807) is 6.20 Å². The Morgan fingerprint density at radius 2 is 2.00 bits per heavy atom. The van der Waals surface area contributed by atoms with Crippen molar-refractivity contribution in [1.82, 2.24) is 20.6 Å². The number of rotatable bonds is 3. The lowest BCUT2D eigenvalue weighted by Gasteiger charge is -2.33. The van der Waals surface area contributed by atoms with Gasteiger partial charge in [0.05, 0.1) is 0 Å². The topological polar surface area (TPSA) is 93.9 Å². The molecule has 1 aromatic rings. The average Bonchev–Trinajstić information content (AvgIpc) is 2.52. The average molecular weight is 316 g/mol. The highest BCUT2D eigenvalue weighted by Gasteiger charge is 2.23. The van der Waals surface area contributed by atoms with E-state index in [1.165, 1.54) is 6.20 Å². The van der Waals surface area contributed by atoms with Gasteiger partial charge in [0.1, 0.15) is 6.07 Å². The van der Waals surface area contributed by atoms with Gasteiger partial charge in [0.15, 0.2) is 11.5 Å². The van der Waals surface area contributed by atoms with Crippen LogP contribution in [0.25, 0.3) is 0 Å². The second kappa shape index (κ2) is 7.27. The molecule has 7 heteroatoms. The van der Waals surface area contributed by atoms with Gasteiger partial charge in [0.2, 0.25) is 0 Å². The van der Waals surface area contributed by atoms with Gasteiger partial charge in [-0.25, -0.2) is 14.8 Å². The molecule has 0 bridgehead atoms. The highest BCUT2D eigenvalue weighted by molar-refractivity contribution is 5.74. The normalized spacial score (nSPS) is 15.8. The fraction of sp³-hybridized carbons (Fsp3) is 0.625. The fourth-order valence-electron chi connectivity index (χ4n) is 2.61. The van der Waals surface area contributed by atoms with E-state index >= 15 is 0 Å². The molecule has 0 spiro atoms. The first-order valence-corrected chi connectivity index (χ1v) is 7.91. The first kappa shape index (κ1) is 17.0. The van der Waals surface area contributed by atoms with E-state index in [2.05, 4.69) is 31.6 Å². The summed E-state index contributed by atoms with van der Waals surface area (Å²) in [6.07, 6.45) is 5.06. The predicted octanol–water partition coefficient (Wildman–Crippen LogP) is 1.66. The van der Waals surface area contributed by atoms with Crippen molar-refractivity contribution < 1.29 is 4.79 Å². The number of piperidine rings is 1. The highest BCUT2D eigenvalue weighted by Crippen LogP contribution is 2.22. The molecule has 2 amide bonds. The van der Waals surface area contributed by atoms with Crippen molar-refractivity contribution in [3.8, 4) is 6.07 Å². The first-order valence-electron chi connectivity index (χ1n) is 7.91. The van der Waals surface area contributed by atoms with Gasteiger partial charge in [-0.3, -0.25) is 0 Å². The number of hydrogen-bond donors (Lipinski definition) is 2. The van der Waals surface area contributed by atoms with E-state index in [1.807, 2.05) is 20.8 Å². The first-order chi connectivity index (χ1) is 10.9. The number of anilines is 1. The number of carbonyl (C=O) groups is 1. The zero-order valence-electron chi connectivity index (χ0n) is 14.0. The molecule has 2 N–H and O–H groups in total. The summed E-state index contributed by atoms with van der Waals surface area (Å²) in [6.45, 7) is 8.18. The number of urea groups is 1. The zero-order chi connectivity index (χ0) is 16.9. The lowest BCUT2D eigenvalue weighted by Crippen LogP contribution is -2.48. The maximum atomic E-state index is 11.8. The maximum absolute atomic E-state index is 11.8. The summed E-state index contributed by atoms with van der Waals surface area (Å²) in [5.41, 5.74) is 0.140. The lowest BCUT2D eigenvalue weighted by molar-refractivity contribution is 0.228. The molecule has 2 rings (SSSR count). The molecule has 0 saturated carbocycles.